The lowest BCUT2D eigenvalue weighted by atomic mass is 10.1. The number of benzene rings is 2. The predicted octanol–water partition coefficient (Wildman–Crippen LogP) is 6.53. The maximum atomic E-state index is 12.0. The minimum Gasteiger partial charge on any atom is -0.489 e. The van der Waals surface area contributed by atoms with E-state index in [4.69, 9.17) is 18.6 Å². The highest BCUT2D eigenvalue weighted by molar-refractivity contribution is 5.89. The van der Waals surface area contributed by atoms with Gasteiger partial charge in [0, 0.05) is 28.3 Å². The predicted molar refractivity (Wildman–Crippen MR) is 131 cm³/mol. The summed E-state index contributed by atoms with van der Waals surface area (Å²) in [5.74, 6) is 1.45. The lowest BCUT2D eigenvalue weighted by Crippen LogP contribution is -2.08. The molecule has 0 aliphatic rings. The third-order valence-corrected chi connectivity index (χ3v) is 4.61. The van der Waals surface area contributed by atoms with Gasteiger partial charge in [0.2, 0.25) is 0 Å². The minimum atomic E-state index is -0.524. The Hall–Kier alpha value is -4.32. The summed E-state index contributed by atoms with van der Waals surface area (Å²) in [6.07, 6.45) is 3.75. The fraction of sp³-hybridized carbons (Fsp3) is 0.143. The van der Waals surface area contributed by atoms with Crippen LogP contribution >= 0.6 is 0 Å². The van der Waals surface area contributed by atoms with E-state index in [9.17, 15) is 9.59 Å². The van der Waals surface area contributed by atoms with Gasteiger partial charge in [-0.1, -0.05) is 25.3 Å². The third-order valence-electron chi connectivity index (χ3n) is 4.61. The smallest absolute Gasteiger partial charge is 0.338 e. The van der Waals surface area contributed by atoms with Crippen LogP contribution in [0, 0.1) is 0 Å². The van der Waals surface area contributed by atoms with Crippen molar-refractivity contribution in [2.24, 2.45) is 0 Å². The normalized spacial score (nSPS) is 10.7. The summed E-state index contributed by atoms with van der Waals surface area (Å²) in [7, 11) is 0. The summed E-state index contributed by atoms with van der Waals surface area (Å²) < 4.78 is 22.4. The number of carbonyl (C=O) groups excluding carboxylic acids is 2. The van der Waals surface area contributed by atoms with E-state index in [2.05, 4.69) is 13.2 Å². The number of furan rings is 1. The summed E-state index contributed by atoms with van der Waals surface area (Å²) in [6, 6.07) is 15.8. The van der Waals surface area contributed by atoms with Crippen LogP contribution in [0.25, 0.3) is 22.6 Å². The summed E-state index contributed by atoms with van der Waals surface area (Å²) >= 11 is 0. The zero-order valence-corrected chi connectivity index (χ0v) is 19.4. The Bertz CT molecular complexity index is 1240. The number of hydrogen-bond acceptors (Lipinski definition) is 6. The Labute approximate surface area is 198 Å². The Morgan fingerprint density at radius 1 is 0.794 bits per heavy atom. The Kier molecular flexibility index (Phi) is 7.88. The standard InChI is InChI=1S/C28H26O6/c1-6-7-14-31-23-15-21(16-24(17-23)33-28(30)19(4)5)26-13-12-25(34-26)20-8-10-22(11-9-20)32-27(29)18(2)3/h6-13,15-17H,2,4,14H2,1,3,5H3/b7-6+. The second-order valence-corrected chi connectivity index (χ2v) is 7.60. The molecule has 3 aromatic rings. The highest BCUT2D eigenvalue weighted by Crippen LogP contribution is 2.34. The SMILES string of the molecule is C=C(C)C(=O)Oc1ccc(-c2ccc(-c3cc(OC/C=C/C)cc(OC(=O)C(=C)C)c3)o2)cc1. The topological polar surface area (TPSA) is 75.0 Å². The molecule has 0 unspecified atom stereocenters. The lowest BCUT2D eigenvalue weighted by molar-refractivity contribution is -0.130. The third kappa shape index (κ3) is 6.36. The van der Waals surface area contributed by atoms with E-state index in [-0.39, 0.29) is 0 Å². The first-order valence-electron chi connectivity index (χ1n) is 10.6. The summed E-state index contributed by atoms with van der Waals surface area (Å²) in [4.78, 5) is 23.7. The molecule has 6 heteroatoms. The number of allylic oxidation sites excluding steroid dienone is 1. The minimum absolute atomic E-state index is 0.291. The molecule has 0 fully saturated rings. The van der Waals surface area contributed by atoms with E-state index in [1.54, 1.807) is 50.2 Å². The highest BCUT2D eigenvalue weighted by atomic mass is 16.5. The second kappa shape index (κ2) is 11.0. The van der Waals surface area contributed by atoms with Gasteiger partial charge < -0.3 is 18.6 Å². The molecule has 1 heterocycles. The van der Waals surface area contributed by atoms with E-state index in [0.717, 1.165) is 5.56 Å². The first-order chi connectivity index (χ1) is 16.3. The molecule has 0 spiro atoms. The molecule has 0 aliphatic heterocycles. The quantitative estimate of drug-likeness (QED) is 0.157. The zero-order chi connectivity index (χ0) is 24.7. The van der Waals surface area contributed by atoms with Crippen molar-refractivity contribution in [1.29, 1.82) is 0 Å². The van der Waals surface area contributed by atoms with Gasteiger partial charge in [0.15, 0.2) is 0 Å². The number of ether oxygens (including phenoxy) is 3. The van der Waals surface area contributed by atoms with Crippen LogP contribution in [0.4, 0.5) is 0 Å². The highest BCUT2D eigenvalue weighted by Gasteiger charge is 2.13. The van der Waals surface area contributed by atoms with Gasteiger partial charge in [-0.15, -0.1) is 0 Å². The molecular formula is C28H26O6. The fourth-order valence-electron chi connectivity index (χ4n) is 2.82. The van der Waals surface area contributed by atoms with Crippen LogP contribution in [0.3, 0.4) is 0 Å². The van der Waals surface area contributed by atoms with Gasteiger partial charge in [-0.25, -0.2) is 9.59 Å². The van der Waals surface area contributed by atoms with E-state index in [0.29, 0.717) is 52.1 Å². The molecular weight excluding hydrogens is 432 g/mol. The van der Waals surface area contributed by atoms with E-state index >= 15 is 0 Å². The molecule has 34 heavy (non-hydrogen) atoms. The van der Waals surface area contributed by atoms with Crippen molar-refractivity contribution >= 4 is 11.9 Å². The van der Waals surface area contributed by atoms with Crippen LogP contribution in [0.5, 0.6) is 17.2 Å². The lowest BCUT2D eigenvalue weighted by Gasteiger charge is -2.10. The van der Waals surface area contributed by atoms with Crippen molar-refractivity contribution < 1.29 is 28.2 Å². The monoisotopic (exact) mass is 458 g/mol. The zero-order valence-electron chi connectivity index (χ0n) is 19.4. The maximum absolute atomic E-state index is 12.0. The van der Waals surface area contributed by atoms with E-state index in [1.807, 2.05) is 37.3 Å². The number of rotatable bonds is 9. The van der Waals surface area contributed by atoms with E-state index in [1.165, 1.54) is 0 Å². The second-order valence-electron chi connectivity index (χ2n) is 7.60. The fourth-order valence-corrected chi connectivity index (χ4v) is 2.82. The number of esters is 2. The molecule has 6 nitrogen and oxygen atoms in total. The molecule has 0 amide bonds. The molecule has 0 saturated carbocycles. The van der Waals surface area contributed by atoms with Gasteiger partial charge in [-0.05, 0) is 69.3 Å². The molecule has 0 saturated heterocycles. The van der Waals surface area contributed by atoms with Gasteiger partial charge in [-0.3, -0.25) is 0 Å². The Morgan fingerprint density at radius 2 is 1.35 bits per heavy atom. The molecule has 0 N–H and O–H groups in total. The number of carbonyl (C=O) groups is 2. The summed E-state index contributed by atoms with van der Waals surface area (Å²) in [5, 5.41) is 0. The summed E-state index contributed by atoms with van der Waals surface area (Å²) in [5.41, 5.74) is 2.10. The average molecular weight is 459 g/mol. The first-order valence-corrected chi connectivity index (χ1v) is 10.6. The molecule has 2 aromatic carbocycles. The van der Waals surface area contributed by atoms with Crippen LogP contribution < -0.4 is 14.2 Å². The maximum Gasteiger partial charge on any atom is 0.338 e. The Balaban J connectivity index is 1.86. The first kappa shape index (κ1) is 24.3. The molecule has 0 bridgehead atoms. The van der Waals surface area contributed by atoms with Crippen LogP contribution in [0.1, 0.15) is 20.8 Å². The van der Waals surface area contributed by atoms with Crippen molar-refractivity contribution in [2.45, 2.75) is 20.8 Å². The number of hydrogen-bond donors (Lipinski definition) is 0. The van der Waals surface area contributed by atoms with Gasteiger partial charge in [-0.2, -0.15) is 0 Å². The van der Waals surface area contributed by atoms with Crippen molar-refractivity contribution in [1.82, 2.24) is 0 Å². The van der Waals surface area contributed by atoms with Gasteiger partial charge in [0.25, 0.3) is 0 Å². The molecule has 0 aliphatic carbocycles. The van der Waals surface area contributed by atoms with Crippen LogP contribution in [0.2, 0.25) is 0 Å². The Morgan fingerprint density at radius 3 is 1.94 bits per heavy atom. The van der Waals surface area contributed by atoms with Crippen LogP contribution in [-0.2, 0) is 9.59 Å². The van der Waals surface area contributed by atoms with Crippen molar-refractivity contribution in [3.63, 3.8) is 0 Å². The molecule has 174 valence electrons. The van der Waals surface area contributed by atoms with Gasteiger partial charge >= 0.3 is 11.9 Å². The van der Waals surface area contributed by atoms with Crippen LogP contribution in [-0.4, -0.2) is 18.5 Å². The van der Waals surface area contributed by atoms with Crippen molar-refractivity contribution in [3.8, 4) is 39.9 Å². The van der Waals surface area contributed by atoms with Crippen molar-refractivity contribution in [2.75, 3.05) is 6.61 Å². The average Bonchev–Trinajstić information content (AvgIpc) is 3.30. The van der Waals surface area contributed by atoms with Crippen molar-refractivity contribution in [3.05, 3.63) is 91.1 Å². The largest absolute Gasteiger partial charge is 0.489 e. The van der Waals surface area contributed by atoms with Crippen LogP contribution in [0.15, 0.2) is 95.5 Å². The summed E-state index contributed by atoms with van der Waals surface area (Å²) in [6.45, 7) is 12.6. The van der Waals surface area contributed by atoms with E-state index < -0.39 is 11.9 Å². The molecule has 3 rings (SSSR count). The molecule has 0 radical (unpaired) electrons. The van der Waals surface area contributed by atoms with Gasteiger partial charge in [0.1, 0.15) is 35.4 Å². The molecule has 1 aromatic heterocycles. The molecule has 0 atom stereocenters. The van der Waals surface area contributed by atoms with Gasteiger partial charge in [0.05, 0.1) is 0 Å².